The fourth-order valence-corrected chi connectivity index (χ4v) is 2.69. The maximum Gasteiger partial charge on any atom is 0.269 e. The molecule has 0 aliphatic carbocycles. The number of hydrogen-bond acceptors (Lipinski definition) is 4. The van der Waals surface area contributed by atoms with E-state index in [1.54, 1.807) is 36.1 Å². The van der Waals surface area contributed by atoms with Crippen molar-refractivity contribution in [2.24, 2.45) is 7.05 Å². The summed E-state index contributed by atoms with van der Waals surface area (Å²) >= 11 is 0. The molecule has 1 unspecified atom stereocenters. The third kappa shape index (κ3) is 2.62. The highest BCUT2D eigenvalue weighted by atomic mass is 32.2. The summed E-state index contributed by atoms with van der Waals surface area (Å²) < 4.78 is 13.7. The maximum absolute atomic E-state index is 12.0. The van der Waals surface area contributed by atoms with Crippen molar-refractivity contribution in [3.63, 3.8) is 0 Å². The molecule has 0 radical (unpaired) electrons. The fourth-order valence-electron chi connectivity index (χ4n) is 1.50. The van der Waals surface area contributed by atoms with Gasteiger partial charge in [-0.15, -0.1) is 0 Å². The van der Waals surface area contributed by atoms with E-state index in [0.717, 1.165) is 5.56 Å². The first kappa shape index (κ1) is 12.4. The number of nitro benzene ring substituents is 1. The van der Waals surface area contributed by atoms with Crippen LogP contribution in [-0.2, 0) is 23.6 Å². The molecule has 2 rings (SSSR count). The molecule has 0 aliphatic rings. The summed E-state index contributed by atoms with van der Waals surface area (Å²) in [6.07, 6.45) is 3.31. The fraction of sp³-hybridized carbons (Fsp3) is 0.182. The number of non-ortho nitro benzene ring substituents is 1. The minimum atomic E-state index is -1.25. The summed E-state index contributed by atoms with van der Waals surface area (Å²) in [6.45, 7) is 0. The zero-order valence-electron chi connectivity index (χ0n) is 9.65. The zero-order chi connectivity index (χ0) is 13.1. The van der Waals surface area contributed by atoms with E-state index >= 15 is 0 Å². The molecule has 1 aromatic carbocycles. The van der Waals surface area contributed by atoms with E-state index in [-0.39, 0.29) is 5.69 Å². The second-order valence-corrected chi connectivity index (χ2v) is 5.08. The van der Waals surface area contributed by atoms with Gasteiger partial charge in [-0.25, -0.2) is 4.98 Å². The number of imidazole rings is 1. The standard InChI is InChI=1S/C11H11N3O3S/c1-13-7-6-12-11(13)18(17)8-9-2-4-10(5-3-9)14(15)16/h2-7H,8H2,1H3. The third-order valence-corrected chi connectivity index (χ3v) is 3.82. The van der Waals surface area contributed by atoms with E-state index in [4.69, 9.17) is 0 Å². The Bertz CT molecular complexity index is 592. The van der Waals surface area contributed by atoms with Crippen molar-refractivity contribution in [1.82, 2.24) is 9.55 Å². The van der Waals surface area contributed by atoms with Crippen LogP contribution in [0.15, 0.2) is 41.8 Å². The quantitative estimate of drug-likeness (QED) is 0.622. The third-order valence-electron chi connectivity index (χ3n) is 2.43. The van der Waals surface area contributed by atoms with Crippen LogP contribution >= 0.6 is 0 Å². The number of aryl methyl sites for hydroxylation is 1. The molecule has 0 fully saturated rings. The van der Waals surface area contributed by atoms with Crippen molar-refractivity contribution in [1.29, 1.82) is 0 Å². The summed E-state index contributed by atoms with van der Waals surface area (Å²) in [6, 6.07) is 6.04. The lowest BCUT2D eigenvalue weighted by atomic mass is 10.2. The van der Waals surface area contributed by atoms with E-state index in [2.05, 4.69) is 4.98 Å². The van der Waals surface area contributed by atoms with Crippen molar-refractivity contribution in [2.45, 2.75) is 10.9 Å². The minimum absolute atomic E-state index is 0.0292. The first-order valence-corrected chi connectivity index (χ1v) is 6.49. The average Bonchev–Trinajstić information content (AvgIpc) is 2.76. The SMILES string of the molecule is Cn1ccnc1S(=O)Cc1ccc([N+](=O)[O-])cc1. The van der Waals surface area contributed by atoms with Crippen LogP contribution in [0.3, 0.4) is 0 Å². The molecule has 0 saturated carbocycles. The van der Waals surface area contributed by atoms with Gasteiger partial charge in [0.2, 0.25) is 0 Å². The molecule has 2 aromatic rings. The number of benzene rings is 1. The predicted molar refractivity (Wildman–Crippen MR) is 66.4 cm³/mol. The molecule has 94 valence electrons. The molecule has 0 saturated heterocycles. The molecular formula is C11H11N3O3S. The van der Waals surface area contributed by atoms with Crippen LogP contribution in [0.5, 0.6) is 0 Å². The van der Waals surface area contributed by atoms with Crippen LogP contribution < -0.4 is 0 Å². The highest BCUT2D eigenvalue weighted by Gasteiger charge is 2.11. The monoisotopic (exact) mass is 265 g/mol. The van der Waals surface area contributed by atoms with Crippen molar-refractivity contribution in [3.8, 4) is 0 Å². The lowest BCUT2D eigenvalue weighted by molar-refractivity contribution is -0.384. The Morgan fingerprint density at radius 1 is 1.39 bits per heavy atom. The summed E-state index contributed by atoms with van der Waals surface area (Å²) in [4.78, 5) is 14.1. The Morgan fingerprint density at radius 3 is 2.56 bits per heavy atom. The first-order chi connectivity index (χ1) is 8.58. The smallest absolute Gasteiger partial charge is 0.269 e. The largest absolute Gasteiger partial charge is 0.327 e. The van der Waals surface area contributed by atoms with Gasteiger partial charge in [0, 0.05) is 31.6 Å². The van der Waals surface area contributed by atoms with Gasteiger partial charge >= 0.3 is 0 Å². The van der Waals surface area contributed by atoms with E-state index in [0.29, 0.717) is 10.9 Å². The van der Waals surface area contributed by atoms with E-state index < -0.39 is 15.7 Å². The molecule has 0 amide bonds. The van der Waals surface area contributed by atoms with Gasteiger partial charge in [0.1, 0.15) is 0 Å². The maximum atomic E-state index is 12.0. The molecule has 0 aliphatic heterocycles. The van der Waals surface area contributed by atoms with Crippen molar-refractivity contribution < 1.29 is 9.13 Å². The molecule has 1 atom stereocenters. The van der Waals surface area contributed by atoms with Crippen LogP contribution in [0.2, 0.25) is 0 Å². The lowest BCUT2D eigenvalue weighted by Crippen LogP contribution is -2.03. The second-order valence-electron chi connectivity index (χ2n) is 3.73. The van der Waals surface area contributed by atoms with Crippen LogP contribution in [0.1, 0.15) is 5.56 Å². The first-order valence-electron chi connectivity index (χ1n) is 5.17. The van der Waals surface area contributed by atoms with Gasteiger partial charge in [-0.3, -0.25) is 14.3 Å². The Kier molecular flexibility index (Phi) is 3.52. The van der Waals surface area contributed by atoms with Gasteiger partial charge in [-0.05, 0) is 5.56 Å². The molecule has 7 heteroatoms. The Balaban J connectivity index is 2.13. The highest BCUT2D eigenvalue weighted by molar-refractivity contribution is 7.84. The molecule has 0 spiro atoms. The molecule has 1 aromatic heterocycles. The number of aromatic nitrogens is 2. The Morgan fingerprint density at radius 2 is 2.06 bits per heavy atom. The van der Waals surface area contributed by atoms with Crippen LogP contribution in [0, 0.1) is 10.1 Å². The van der Waals surface area contributed by atoms with Gasteiger partial charge in [0.05, 0.1) is 21.5 Å². The topological polar surface area (TPSA) is 78.0 Å². The second kappa shape index (κ2) is 5.09. The van der Waals surface area contributed by atoms with Gasteiger partial charge in [-0.1, -0.05) is 12.1 Å². The Hall–Kier alpha value is -2.02. The molecule has 6 nitrogen and oxygen atoms in total. The van der Waals surface area contributed by atoms with Crippen LogP contribution in [0.25, 0.3) is 0 Å². The van der Waals surface area contributed by atoms with E-state index in [9.17, 15) is 14.3 Å². The minimum Gasteiger partial charge on any atom is -0.327 e. The van der Waals surface area contributed by atoms with Gasteiger partial charge in [0.15, 0.2) is 5.16 Å². The van der Waals surface area contributed by atoms with Crippen molar-refractivity contribution in [2.75, 3.05) is 0 Å². The lowest BCUT2D eigenvalue weighted by Gasteiger charge is -2.02. The molecular weight excluding hydrogens is 254 g/mol. The van der Waals surface area contributed by atoms with Crippen molar-refractivity contribution in [3.05, 3.63) is 52.3 Å². The summed E-state index contributed by atoms with van der Waals surface area (Å²) in [5.74, 6) is 0.294. The van der Waals surface area contributed by atoms with Gasteiger partial charge < -0.3 is 4.57 Å². The Labute approximate surface area is 106 Å². The average molecular weight is 265 g/mol. The summed E-state index contributed by atoms with van der Waals surface area (Å²) in [7, 11) is 0.524. The zero-order valence-corrected chi connectivity index (χ0v) is 10.5. The predicted octanol–water partition coefficient (Wildman–Crippen LogP) is 1.64. The normalized spacial score (nSPS) is 12.3. The molecule has 18 heavy (non-hydrogen) atoms. The molecule has 0 bridgehead atoms. The number of nitrogens with zero attached hydrogens (tertiary/aromatic N) is 3. The summed E-state index contributed by atoms with van der Waals surface area (Å²) in [5, 5.41) is 11.0. The molecule has 1 heterocycles. The van der Waals surface area contributed by atoms with E-state index in [1.807, 2.05) is 0 Å². The number of nitro groups is 1. The highest BCUT2D eigenvalue weighted by Crippen LogP contribution is 2.15. The van der Waals surface area contributed by atoms with Gasteiger partial charge in [0.25, 0.3) is 5.69 Å². The van der Waals surface area contributed by atoms with Crippen LogP contribution in [0.4, 0.5) is 5.69 Å². The van der Waals surface area contributed by atoms with Crippen LogP contribution in [-0.4, -0.2) is 18.7 Å². The number of hydrogen-bond donors (Lipinski definition) is 0. The summed E-state index contributed by atoms with van der Waals surface area (Å²) in [5.41, 5.74) is 0.809. The number of rotatable bonds is 4. The van der Waals surface area contributed by atoms with Crippen molar-refractivity contribution >= 4 is 16.5 Å². The van der Waals surface area contributed by atoms with Gasteiger partial charge in [-0.2, -0.15) is 0 Å². The van der Waals surface area contributed by atoms with E-state index in [1.165, 1.54) is 12.1 Å². The molecule has 0 N–H and O–H groups in total.